The zero-order valence-electron chi connectivity index (χ0n) is 13.1. The molecule has 1 heterocycles. The number of hydrogen-bond donors (Lipinski definition) is 3. The predicted molar refractivity (Wildman–Crippen MR) is 90.7 cm³/mol. The summed E-state index contributed by atoms with van der Waals surface area (Å²) in [7, 11) is 0. The van der Waals surface area contributed by atoms with Crippen molar-refractivity contribution in [3.63, 3.8) is 0 Å². The molecule has 0 radical (unpaired) electrons. The molecule has 5 nitrogen and oxygen atoms in total. The van der Waals surface area contributed by atoms with E-state index in [0.717, 1.165) is 30.8 Å². The topological polar surface area (TPSA) is 70.2 Å². The van der Waals surface area contributed by atoms with E-state index in [4.69, 9.17) is 0 Å². The highest BCUT2D eigenvalue weighted by atomic mass is 35.5. The average molecular weight is 326 g/mol. The Morgan fingerprint density at radius 2 is 2.14 bits per heavy atom. The van der Waals surface area contributed by atoms with E-state index in [1.165, 1.54) is 0 Å². The Balaban J connectivity index is 0.00000242. The van der Waals surface area contributed by atoms with Crippen LogP contribution in [0.2, 0.25) is 0 Å². The van der Waals surface area contributed by atoms with Crippen LogP contribution in [0.3, 0.4) is 0 Å². The lowest BCUT2D eigenvalue weighted by molar-refractivity contribution is -0.116. The first-order valence-electron chi connectivity index (χ1n) is 7.49. The number of amides is 2. The predicted octanol–water partition coefficient (Wildman–Crippen LogP) is 2.10. The molecule has 0 aromatic heterocycles. The third kappa shape index (κ3) is 5.00. The Morgan fingerprint density at radius 1 is 1.36 bits per heavy atom. The van der Waals surface area contributed by atoms with Gasteiger partial charge in [-0.1, -0.05) is 0 Å². The fourth-order valence-corrected chi connectivity index (χ4v) is 2.56. The molecular weight excluding hydrogens is 302 g/mol. The number of halogens is 1. The number of hydrogen-bond acceptors (Lipinski definition) is 3. The van der Waals surface area contributed by atoms with Gasteiger partial charge in [-0.15, -0.1) is 12.4 Å². The summed E-state index contributed by atoms with van der Waals surface area (Å²) >= 11 is 0. The maximum absolute atomic E-state index is 12.0. The molecule has 1 atom stereocenters. The standard InChI is InChI=1S/C16H23N3O2.ClH/c1-3-18-16(21)13-4-5-14(11(2)8-13)19-15(20)9-12-6-7-17-10-12;/h4-5,8,12,17H,3,6-7,9-10H2,1-2H3,(H,18,21)(H,19,20);1H. The van der Waals surface area contributed by atoms with Gasteiger partial charge in [0.05, 0.1) is 0 Å². The first kappa shape index (κ1) is 18.5. The molecule has 0 bridgehead atoms. The highest BCUT2D eigenvalue weighted by molar-refractivity contribution is 5.96. The van der Waals surface area contributed by atoms with Gasteiger partial charge in [-0.25, -0.2) is 0 Å². The maximum atomic E-state index is 12.0. The van der Waals surface area contributed by atoms with Gasteiger partial charge in [0.1, 0.15) is 0 Å². The van der Waals surface area contributed by atoms with E-state index in [9.17, 15) is 9.59 Å². The average Bonchev–Trinajstić information content (AvgIpc) is 2.94. The number of benzene rings is 1. The lowest BCUT2D eigenvalue weighted by Gasteiger charge is -2.12. The maximum Gasteiger partial charge on any atom is 0.251 e. The minimum Gasteiger partial charge on any atom is -0.352 e. The lowest BCUT2D eigenvalue weighted by atomic mass is 10.0. The van der Waals surface area contributed by atoms with E-state index in [0.29, 0.717) is 24.4 Å². The van der Waals surface area contributed by atoms with Gasteiger partial charge in [0, 0.05) is 24.2 Å². The number of anilines is 1. The van der Waals surface area contributed by atoms with Crippen molar-refractivity contribution in [1.29, 1.82) is 0 Å². The molecule has 1 unspecified atom stereocenters. The van der Waals surface area contributed by atoms with Crippen LogP contribution in [0.15, 0.2) is 18.2 Å². The van der Waals surface area contributed by atoms with Crippen molar-refractivity contribution < 1.29 is 9.59 Å². The molecule has 122 valence electrons. The number of carbonyl (C=O) groups is 2. The van der Waals surface area contributed by atoms with Crippen LogP contribution in [0.1, 0.15) is 35.7 Å². The molecule has 0 spiro atoms. The van der Waals surface area contributed by atoms with Gasteiger partial charge >= 0.3 is 0 Å². The van der Waals surface area contributed by atoms with Gasteiger partial charge in [0.25, 0.3) is 5.91 Å². The van der Waals surface area contributed by atoms with Crippen LogP contribution in [0.25, 0.3) is 0 Å². The van der Waals surface area contributed by atoms with Crippen molar-refractivity contribution in [3.8, 4) is 0 Å². The van der Waals surface area contributed by atoms with E-state index in [-0.39, 0.29) is 24.2 Å². The van der Waals surface area contributed by atoms with Crippen LogP contribution in [-0.2, 0) is 4.79 Å². The third-order valence-corrected chi connectivity index (χ3v) is 3.74. The number of nitrogens with one attached hydrogen (secondary N) is 3. The van der Waals surface area contributed by atoms with Gasteiger partial charge in [-0.3, -0.25) is 9.59 Å². The Hall–Kier alpha value is -1.59. The second-order valence-corrected chi connectivity index (χ2v) is 5.50. The van der Waals surface area contributed by atoms with E-state index in [2.05, 4.69) is 16.0 Å². The summed E-state index contributed by atoms with van der Waals surface area (Å²) in [6, 6.07) is 5.34. The van der Waals surface area contributed by atoms with Crippen molar-refractivity contribution in [1.82, 2.24) is 10.6 Å². The monoisotopic (exact) mass is 325 g/mol. The van der Waals surface area contributed by atoms with Gasteiger partial charge < -0.3 is 16.0 Å². The van der Waals surface area contributed by atoms with Gasteiger partial charge in [-0.2, -0.15) is 0 Å². The molecule has 0 saturated carbocycles. The Kier molecular flexibility index (Phi) is 7.35. The summed E-state index contributed by atoms with van der Waals surface area (Å²) in [5, 5.41) is 8.96. The summed E-state index contributed by atoms with van der Waals surface area (Å²) in [4.78, 5) is 23.8. The molecule has 1 aromatic rings. The molecule has 1 aliphatic heterocycles. The van der Waals surface area contributed by atoms with E-state index in [1.807, 2.05) is 13.8 Å². The number of aryl methyl sites for hydroxylation is 1. The minimum atomic E-state index is -0.0875. The third-order valence-electron chi connectivity index (χ3n) is 3.74. The Labute approximate surface area is 137 Å². The van der Waals surface area contributed by atoms with Crippen molar-refractivity contribution >= 4 is 29.9 Å². The van der Waals surface area contributed by atoms with Crippen molar-refractivity contribution in [3.05, 3.63) is 29.3 Å². The molecule has 1 aromatic carbocycles. The second-order valence-electron chi connectivity index (χ2n) is 5.50. The van der Waals surface area contributed by atoms with Crippen molar-refractivity contribution in [2.24, 2.45) is 5.92 Å². The smallest absolute Gasteiger partial charge is 0.251 e. The van der Waals surface area contributed by atoms with Crippen molar-refractivity contribution in [2.75, 3.05) is 25.0 Å². The van der Waals surface area contributed by atoms with E-state index < -0.39 is 0 Å². The fourth-order valence-electron chi connectivity index (χ4n) is 2.56. The zero-order valence-corrected chi connectivity index (χ0v) is 13.9. The fraction of sp³-hybridized carbons (Fsp3) is 0.500. The van der Waals surface area contributed by atoms with Gasteiger partial charge in [-0.05, 0) is 63.0 Å². The molecule has 2 rings (SSSR count). The lowest BCUT2D eigenvalue weighted by Crippen LogP contribution is -2.23. The molecular formula is C16H24ClN3O2. The summed E-state index contributed by atoms with van der Waals surface area (Å²) < 4.78 is 0. The summed E-state index contributed by atoms with van der Waals surface area (Å²) in [6.45, 7) is 6.30. The molecule has 22 heavy (non-hydrogen) atoms. The SMILES string of the molecule is CCNC(=O)c1ccc(NC(=O)CC2CCNC2)c(C)c1.Cl. The zero-order chi connectivity index (χ0) is 15.2. The molecule has 1 fully saturated rings. The molecule has 3 N–H and O–H groups in total. The van der Waals surface area contributed by atoms with E-state index >= 15 is 0 Å². The molecule has 1 saturated heterocycles. The van der Waals surface area contributed by atoms with Crippen molar-refractivity contribution in [2.45, 2.75) is 26.7 Å². The molecule has 6 heteroatoms. The van der Waals surface area contributed by atoms with Crippen LogP contribution in [0.5, 0.6) is 0 Å². The van der Waals surface area contributed by atoms with Crippen LogP contribution < -0.4 is 16.0 Å². The number of carbonyl (C=O) groups excluding carboxylic acids is 2. The quantitative estimate of drug-likeness (QED) is 0.776. The van der Waals surface area contributed by atoms with Crippen LogP contribution in [-0.4, -0.2) is 31.4 Å². The minimum absolute atomic E-state index is 0. The van der Waals surface area contributed by atoms with Crippen LogP contribution in [0, 0.1) is 12.8 Å². The van der Waals surface area contributed by atoms with Crippen LogP contribution in [0.4, 0.5) is 5.69 Å². The van der Waals surface area contributed by atoms with Crippen LogP contribution >= 0.6 is 12.4 Å². The first-order valence-corrected chi connectivity index (χ1v) is 7.49. The normalized spacial score (nSPS) is 16.7. The molecule has 2 amide bonds. The Bertz CT molecular complexity index is 528. The van der Waals surface area contributed by atoms with Gasteiger partial charge in [0.2, 0.25) is 5.91 Å². The highest BCUT2D eigenvalue weighted by Crippen LogP contribution is 2.19. The highest BCUT2D eigenvalue weighted by Gasteiger charge is 2.18. The molecule has 1 aliphatic rings. The molecule has 0 aliphatic carbocycles. The largest absolute Gasteiger partial charge is 0.352 e. The van der Waals surface area contributed by atoms with E-state index in [1.54, 1.807) is 18.2 Å². The second kappa shape index (κ2) is 8.76. The summed E-state index contributed by atoms with van der Waals surface area (Å²) in [6.07, 6.45) is 1.60. The first-order chi connectivity index (χ1) is 10.1. The summed E-state index contributed by atoms with van der Waals surface area (Å²) in [5.74, 6) is 0.382. The van der Waals surface area contributed by atoms with Gasteiger partial charge in [0.15, 0.2) is 0 Å². The number of rotatable bonds is 5. The summed E-state index contributed by atoms with van der Waals surface area (Å²) in [5.41, 5.74) is 2.29. The Morgan fingerprint density at radius 3 is 2.73 bits per heavy atom.